The predicted molar refractivity (Wildman–Crippen MR) is 62.6 cm³/mol. The van der Waals surface area contributed by atoms with E-state index in [0.717, 1.165) is 18.0 Å². The number of hydrogen-bond acceptors (Lipinski definition) is 4. The van der Waals surface area contributed by atoms with Crippen molar-refractivity contribution in [3.8, 4) is 0 Å². The molecule has 2 heterocycles. The normalized spacial score (nSPS) is 25.2. The zero-order valence-electron chi connectivity index (χ0n) is 9.41. The maximum Gasteiger partial charge on any atom is 0.114 e. The van der Waals surface area contributed by atoms with E-state index in [4.69, 9.17) is 4.74 Å². The van der Waals surface area contributed by atoms with Crippen LogP contribution < -0.4 is 5.32 Å². The van der Waals surface area contributed by atoms with Gasteiger partial charge in [0.25, 0.3) is 0 Å². The fraction of sp³-hybridized carbons (Fsp3) is 0.727. The molecule has 1 aromatic rings. The molecular weight excluding hydrogens is 227 g/mol. The number of morpholine rings is 1. The molecule has 0 saturated carbocycles. The van der Waals surface area contributed by atoms with Crippen molar-refractivity contribution in [2.24, 2.45) is 0 Å². The second-order valence-electron chi connectivity index (χ2n) is 4.49. The third kappa shape index (κ3) is 3.50. The summed E-state index contributed by atoms with van der Waals surface area (Å²) >= 11 is 1.51. The molecule has 1 saturated heterocycles. The molecule has 3 nitrogen and oxygen atoms in total. The molecule has 0 aromatic carbocycles. The Hall–Kier alpha value is -0.520. The fourth-order valence-electron chi connectivity index (χ4n) is 2.03. The summed E-state index contributed by atoms with van der Waals surface area (Å²) in [5.41, 5.74) is 0.554. The summed E-state index contributed by atoms with van der Waals surface area (Å²) in [6.07, 6.45) is 2.67. The lowest BCUT2D eigenvalue weighted by Gasteiger charge is -2.29. The molecule has 1 aliphatic rings. The average Bonchev–Trinajstić information content (AvgIpc) is 2.70. The van der Waals surface area contributed by atoms with Crippen molar-refractivity contribution in [2.75, 3.05) is 19.8 Å². The van der Waals surface area contributed by atoms with Gasteiger partial charge in [0.05, 0.1) is 18.7 Å². The highest BCUT2D eigenvalue weighted by atomic mass is 32.1. The lowest BCUT2D eigenvalue weighted by Crippen LogP contribution is -2.45. The Kier molecular flexibility index (Phi) is 3.89. The Morgan fingerprint density at radius 1 is 1.75 bits per heavy atom. The largest absolute Gasteiger partial charge is 0.379 e. The monoisotopic (exact) mass is 244 g/mol. The number of thiazole rings is 1. The molecule has 16 heavy (non-hydrogen) atoms. The Labute approximate surface area is 99.0 Å². The molecule has 0 bridgehead atoms. The van der Waals surface area contributed by atoms with Gasteiger partial charge in [-0.15, -0.1) is 11.3 Å². The van der Waals surface area contributed by atoms with Gasteiger partial charge < -0.3 is 10.1 Å². The number of halogens is 1. The number of aromatic nitrogens is 1. The number of alkyl halides is 1. The molecule has 5 heteroatoms. The van der Waals surface area contributed by atoms with E-state index in [9.17, 15) is 4.39 Å². The summed E-state index contributed by atoms with van der Waals surface area (Å²) in [5, 5.41) is 3.28. The van der Waals surface area contributed by atoms with E-state index in [1.807, 2.05) is 0 Å². The number of rotatable bonds is 4. The van der Waals surface area contributed by atoms with Crippen molar-refractivity contribution in [3.05, 3.63) is 16.6 Å². The smallest absolute Gasteiger partial charge is 0.114 e. The van der Waals surface area contributed by atoms with Crippen LogP contribution in [0.5, 0.6) is 0 Å². The van der Waals surface area contributed by atoms with Gasteiger partial charge >= 0.3 is 0 Å². The molecule has 90 valence electrons. The van der Waals surface area contributed by atoms with Crippen LogP contribution in [0.15, 0.2) is 11.7 Å². The van der Waals surface area contributed by atoms with E-state index < -0.39 is 5.67 Å². The minimum Gasteiger partial charge on any atom is -0.379 e. The average molecular weight is 244 g/mol. The van der Waals surface area contributed by atoms with Crippen LogP contribution in [0.3, 0.4) is 0 Å². The predicted octanol–water partition coefficient (Wildman–Crippen LogP) is 1.79. The highest BCUT2D eigenvalue weighted by Crippen LogP contribution is 2.25. The van der Waals surface area contributed by atoms with E-state index in [0.29, 0.717) is 19.4 Å². The van der Waals surface area contributed by atoms with E-state index in [2.05, 4.69) is 10.3 Å². The number of nitrogens with one attached hydrogen (secondary N) is 1. The molecular formula is C11H17FN2OS. The van der Waals surface area contributed by atoms with Gasteiger partial charge in [0, 0.05) is 30.1 Å². The maximum atomic E-state index is 14.3. The van der Waals surface area contributed by atoms with Crippen LogP contribution >= 0.6 is 11.3 Å². The summed E-state index contributed by atoms with van der Waals surface area (Å²) in [4.78, 5) is 4.97. The summed E-state index contributed by atoms with van der Waals surface area (Å²) in [5.74, 6) is 0. The number of nitrogens with zero attached hydrogens (tertiary/aromatic N) is 1. The van der Waals surface area contributed by atoms with Gasteiger partial charge in [-0.3, -0.25) is 4.98 Å². The SMILES string of the molecule is CC(F)(Cc1cncs1)CC1COCCN1. The Morgan fingerprint density at radius 3 is 3.25 bits per heavy atom. The van der Waals surface area contributed by atoms with Gasteiger partial charge in [-0.05, 0) is 13.3 Å². The lowest BCUT2D eigenvalue weighted by atomic mass is 9.94. The zero-order valence-corrected chi connectivity index (χ0v) is 10.2. The number of hydrogen-bond donors (Lipinski definition) is 1. The Morgan fingerprint density at radius 2 is 2.62 bits per heavy atom. The minimum absolute atomic E-state index is 0.136. The molecule has 2 unspecified atom stereocenters. The molecule has 2 atom stereocenters. The highest BCUT2D eigenvalue weighted by Gasteiger charge is 2.29. The number of ether oxygens (including phenoxy) is 1. The first-order valence-corrected chi connectivity index (χ1v) is 6.41. The minimum atomic E-state index is -1.19. The van der Waals surface area contributed by atoms with Crippen LogP contribution in [0.1, 0.15) is 18.2 Å². The van der Waals surface area contributed by atoms with Gasteiger partial charge in [0.2, 0.25) is 0 Å². The molecule has 0 radical (unpaired) electrons. The summed E-state index contributed by atoms with van der Waals surface area (Å²) in [7, 11) is 0. The van der Waals surface area contributed by atoms with Gasteiger partial charge in [-0.2, -0.15) is 0 Å². The van der Waals surface area contributed by atoms with E-state index in [-0.39, 0.29) is 6.04 Å². The fourth-order valence-corrected chi connectivity index (χ4v) is 2.79. The van der Waals surface area contributed by atoms with E-state index in [1.165, 1.54) is 11.3 Å². The Bertz CT molecular complexity index is 310. The summed E-state index contributed by atoms with van der Waals surface area (Å²) in [6.45, 7) is 3.82. The molecule has 1 aliphatic heterocycles. The van der Waals surface area contributed by atoms with Crippen molar-refractivity contribution < 1.29 is 9.13 Å². The van der Waals surface area contributed by atoms with Crippen LogP contribution in [0.2, 0.25) is 0 Å². The first kappa shape index (κ1) is 12.0. The van der Waals surface area contributed by atoms with E-state index in [1.54, 1.807) is 18.6 Å². The summed E-state index contributed by atoms with van der Waals surface area (Å²) < 4.78 is 19.6. The van der Waals surface area contributed by atoms with Crippen molar-refractivity contribution in [1.82, 2.24) is 10.3 Å². The first-order chi connectivity index (χ1) is 7.66. The molecule has 0 amide bonds. The van der Waals surface area contributed by atoms with E-state index >= 15 is 0 Å². The molecule has 0 aliphatic carbocycles. The van der Waals surface area contributed by atoms with Gasteiger partial charge in [-0.25, -0.2) is 4.39 Å². The van der Waals surface area contributed by atoms with Gasteiger partial charge in [0.1, 0.15) is 5.67 Å². The van der Waals surface area contributed by atoms with Crippen LogP contribution in [0.25, 0.3) is 0 Å². The van der Waals surface area contributed by atoms with Crippen molar-refractivity contribution >= 4 is 11.3 Å². The first-order valence-electron chi connectivity index (χ1n) is 5.53. The van der Waals surface area contributed by atoms with Crippen LogP contribution in [-0.2, 0) is 11.2 Å². The second kappa shape index (κ2) is 5.21. The highest BCUT2D eigenvalue weighted by molar-refractivity contribution is 7.09. The molecule has 0 spiro atoms. The summed E-state index contributed by atoms with van der Waals surface area (Å²) in [6, 6.07) is 0.136. The quantitative estimate of drug-likeness (QED) is 0.877. The lowest BCUT2D eigenvalue weighted by molar-refractivity contribution is 0.0485. The van der Waals surface area contributed by atoms with Crippen molar-refractivity contribution in [1.29, 1.82) is 0 Å². The van der Waals surface area contributed by atoms with Crippen LogP contribution in [-0.4, -0.2) is 36.5 Å². The molecule has 1 fully saturated rings. The zero-order chi connectivity index (χ0) is 11.4. The standard InChI is InChI=1S/C11H17FN2OS/c1-11(12,5-10-6-13-8-16-10)4-9-7-15-3-2-14-9/h6,8-9,14H,2-5,7H2,1H3. The third-order valence-corrected chi connectivity index (χ3v) is 3.48. The maximum absolute atomic E-state index is 14.3. The van der Waals surface area contributed by atoms with Gasteiger partial charge in [-0.1, -0.05) is 0 Å². The second-order valence-corrected chi connectivity index (χ2v) is 5.46. The van der Waals surface area contributed by atoms with Crippen molar-refractivity contribution in [2.45, 2.75) is 31.5 Å². The third-order valence-electron chi connectivity index (χ3n) is 2.70. The topological polar surface area (TPSA) is 34.1 Å². The molecule has 1 N–H and O–H groups in total. The van der Waals surface area contributed by atoms with Crippen LogP contribution in [0.4, 0.5) is 4.39 Å². The van der Waals surface area contributed by atoms with Gasteiger partial charge in [0.15, 0.2) is 0 Å². The van der Waals surface area contributed by atoms with Crippen LogP contribution in [0, 0.1) is 0 Å². The molecule has 1 aromatic heterocycles. The Balaban J connectivity index is 1.86. The van der Waals surface area contributed by atoms with Crippen molar-refractivity contribution in [3.63, 3.8) is 0 Å². The molecule has 2 rings (SSSR count).